The molecule has 5 atom stereocenters. The Morgan fingerprint density at radius 2 is 2.04 bits per heavy atom. The van der Waals surface area contributed by atoms with E-state index in [-0.39, 0.29) is 48.7 Å². The summed E-state index contributed by atoms with van der Waals surface area (Å²) in [6.45, 7) is 7.50. The molecule has 4 bridgehead atoms. The minimum Gasteiger partial charge on any atom is -0.456 e. The molecule has 3 aliphatic rings. The fourth-order valence-corrected chi connectivity index (χ4v) is 3.88. The van der Waals surface area contributed by atoms with E-state index in [1.54, 1.807) is 13.0 Å². The van der Waals surface area contributed by atoms with Crippen LogP contribution in [0.15, 0.2) is 23.8 Å². The van der Waals surface area contributed by atoms with Gasteiger partial charge < -0.3 is 14.6 Å². The summed E-state index contributed by atoms with van der Waals surface area (Å²) in [6, 6.07) is 0. The van der Waals surface area contributed by atoms with E-state index < -0.39 is 29.9 Å². The number of Topliss-reactive ketones (excluding diaryl/α,β-unsaturated/α-hetero) is 2. The number of esters is 1. The van der Waals surface area contributed by atoms with Crippen LogP contribution in [0.4, 0.5) is 0 Å². The summed E-state index contributed by atoms with van der Waals surface area (Å²) >= 11 is 0. The molecule has 6 nitrogen and oxygen atoms in total. The van der Waals surface area contributed by atoms with Gasteiger partial charge in [-0.2, -0.15) is 0 Å². The highest BCUT2D eigenvalue weighted by Crippen LogP contribution is 2.38. The zero-order valence-electron chi connectivity index (χ0n) is 14.6. The van der Waals surface area contributed by atoms with Crippen LogP contribution < -0.4 is 0 Å². The Labute approximate surface area is 146 Å². The molecule has 2 fully saturated rings. The maximum absolute atomic E-state index is 12.4. The number of allylic oxidation sites excluding steroid dienone is 2. The third-order valence-corrected chi connectivity index (χ3v) is 5.34. The molecule has 3 heterocycles. The number of hydrogen-bond acceptors (Lipinski definition) is 6. The fraction of sp³-hybridized carbons (Fsp3) is 0.632. The van der Waals surface area contributed by atoms with Crippen LogP contribution in [-0.2, 0) is 23.9 Å². The fourth-order valence-electron chi connectivity index (χ4n) is 3.88. The van der Waals surface area contributed by atoms with Gasteiger partial charge in [0.25, 0.3) is 0 Å². The van der Waals surface area contributed by atoms with Crippen molar-refractivity contribution in [2.24, 2.45) is 5.92 Å². The highest BCUT2D eigenvalue weighted by atomic mass is 16.6. The molecule has 3 rings (SSSR count). The lowest BCUT2D eigenvalue weighted by atomic mass is 9.87. The second-order valence-corrected chi connectivity index (χ2v) is 7.68. The average Bonchev–Trinajstić information content (AvgIpc) is 2.91. The minimum atomic E-state index is -1.05. The third-order valence-electron chi connectivity index (χ3n) is 5.34. The number of aliphatic hydroxyl groups excluding tert-OH is 1. The molecular weight excluding hydrogens is 324 g/mol. The second-order valence-electron chi connectivity index (χ2n) is 7.68. The molecule has 25 heavy (non-hydrogen) atoms. The largest absolute Gasteiger partial charge is 0.456 e. The van der Waals surface area contributed by atoms with Crippen molar-refractivity contribution in [3.63, 3.8) is 0 Å². The average molecular weight is 348 g/mol. The Bertz CT molecular complexity index is 663. The molecule has 1 N–H and O–H groups in total. The summed E-state index contributed by atoms with van der Waals surface area (Å²) in [4.78, 5) is 36.8. The van der Waals surface area contributed by atoms with Crippen LogP contribution in [0.1, 0.15) is 46.0 Å². The van der Waals surface area contributed by atoms with Crippen molar-refractivity contribution in [3.8, 4) is 0 Å². The molecule has 2 saturated heterocycles. The summed E-state index contributed by atoms with van der Waals surface area (Å²) < 4.78 is 11.2. The van der Waals surface area contributed by atoms with Crippen molar-refractivity contribution >= 4 is 17.5 Å². The molecule has 0 radical (unpaired) electrons. The standard InChI is InChI=1S/C19H24O6/c1-10(2)11-4-5-13-17(22)16(24-18(13)23)9-19(3)8-14(21)15(25-19)7-12(20)6-11/h5,11,15-17,22H,1,4,6-9H2,2-3H3. The van der Waals surface area contributed by atoms with Crippen molar-refractivity contribution < 1.29 is 29.0 Å². The number of fused-ring (bicyclic) bond motifs is 4. The van der Waals surface area contributed by atoms with E-state index in [1.165, 1.54) is 0 Å². The minimum absolute atomic E-state index is 0.0541. The lowest BCUT2D eigenvalue weighted by molar-refractivity contribution is -0.144. The van der Waals surface area contributed by atoms with Crippen LogP contribution in [0.25, 0.3) is 0 Å². The van der Waals surface area contributed by atoms with Crippen LogP contribution >= 0.6 is 0 Å². The third kappa shape index (κ3) is 3.60. The van der Waals surface area contributed by atoms with Gasteiger partial charge in [0.1, 0.15) is 24.1 Å². The van der Waals surface area contributed by atoms with Crippen molar-refractivity contribution in [2.45, 2.75) is 69.9 Å². The highest BCUT2D eigenvalue weighted by molar-refractivity contribution is 5.93. The maximum Gasteiger partial charge on any atom is 0.336 e. The SMILES string of the molecule is C=C(C)C1CC=C2C(=O)OC(CC3(C)CC(=O)C(CC(=O)C1)O3)C2O. The lowest BCUT2D eigenvalue weighted by Crippen LogP contribution is -2.35. The predicted molar refractivity (Wildman–Crippen MR) is 88.7 cm³/mol. The first-order valence-corrected chi connectivity index (χ1v) is 8.65. The molecule has 0 spiro atoms. The monoisotopic (exact) mass is 348 g/mol. The normalized spacial score (nSPS) is 39.2. The van der Waals surface area contributed by atoms with Gasteiger partial charge in [0.15, 0.2) is 5.78 Å². The summed E-state index contributed by atoms with van der Waals surface area (Å²) in [5.41, 5.74) is 0.194. The summed E-state index contributed by atoms with van der Waals surface area (Å²) in [7, 11) is 0. The van der Waals surface area contributed by atoms with E-state index in [0.29, 0.717) is 6.42 Å². The van der Waals surface area contributed by atoms with Gasteiger partial charge in [-0.3, -0.25) is 9.59 Å². The smallest absolute Gasteiger partial charge is 0.336 e. The van der Waals surface area contributed by atoms with Crippen molar-refractivity contribution in [1.82, 2.24) is 0 Å². The van der Waals surface area contributed by atoms with E-state index in [1.807, 2.05) is 6.92 Å². The van der Waals surface area contributed by atoms with Gasteiger partial charge >= 0.3 is 5.97 Å². The van der Waals surface area contributed by atoms with Gasteiger partial charge in [-0.15, -0.1) is 0 Å². The Balaban J connectivity index is 1.94. The quantitative estimate of drug-likeness (QED) is 0.572. The van der Waals surface area contributed by atoms with E-state index in [9.17, 15) is 19.5 Å². The second kappa shape index (κ2) is 6.50. The van der Waals surface area contributed by atoms with Gasteiger partial charge in [0, 0.05) is 25.7 Å². The Hall–Kier alpha value is -1.79. The molecule has 0 amide bonds. The van der Waals surface area contributed by atoms with E-state index in [4.69, 9.17) is 9.47 Å². The number of carbonyl (C=O) groups excluding carboxylic acids is 3. The van der Waals surface area contributed by atoms with E-state index >= 15 is 0 Å². The molecule has 0 aromatic heterocycles. The molecule has 136 valence electrons. The first-order valence-electron chi connectivity index (χ1n) is 8.65. The molecule has 3 aliphatic heterocycles. The van der Waals surface area contributed by atoms with Crippen LogP contribution in [0.5, 0.6) is 0 Å². The predicted octanol–water partition coefficient (Wildman–Crippen LogP) is 1.65. The number of hydrogen-bond donors (Lipinski definition) is 1. The van der Waals surface area contributed by atoms with Gasteiger partial charge in [-0.25, -0.2) is 4.79 Å². The summed E-state index contributed by atoms with van der Waals surface area (Å²) in [5.74, 6) is -0.871. The number of carbonyl (C=O) groups is 3. The molecule has 6 heteroatoms. The molecular formula is C19H24O6. The Morgan fingerprint density at radius 3 is 2.72 bits per heavy atom. The van der Waals surface area contributed by atoms with Crippen LogP contribution in [-0.4, -0.2) is 46.6 Å². The first kappa shape index (κ1) is 18.0. The number of rotatable bonds is 1. The Morgan fingerprint density at radius 1 is 1.32 bits per heavy atom. The molecule has 0 aromatic rings. The van der Waals surface area contributed by atoms with Gasteiger partial charge in [0.2, 0.25) is 0 Å². The lowest BCUT2D eigenvalue weighted by Gasteiger charge is -2.27. The molecule has 0 aromatic carbocycles. The Kier molecular flexibility index (Phi) is 4.68. The summed E-state index contributed by atoms with van der Waals surface area (Å²) in [5, 5.41) is 10.5. The number of ketones is 2. The first-order chi connectivity index (χ1) is 11.7. The van der Waals surface area contributed by atoms with Gasteiger partial charge in [-0.05, 0) is 26.2 Å². The van der Waals surface area contributed by atoms with Crippen LogP contribution in [0.2, 0.25) is 0 Å². The molecule has 0 aliphatic carbocycles. The number of aliphatic hydroxyl groups is 1. The van der Waals surface area contributed by atoms with Gasteiger partial charge in [-0.1, -0.05) is 18.2 Å². The topological polar surface area (TPSA) is 89.9 Å². The molecule has 5 unspecified atom stereocenters. The van der Waals surface area contributed by atoms with Crippen molar-refractivity contribution in [2.75, 3.05) is 0 Å². The number of ether oxygens (including phenoxy) is 2. The molecule has 0 saturated carbocycles. The van der Waals surface area contributed by atoms with Crippen LogP contribution in [0, 0.1) is 5.92 Å². The zero-order valence-corrected chi connectivity index (χ0v) is 14.6. The summed E-state index contributed by atoms with van der Waals surface area (Å²) in [6.07, 6.45) is 0.187. The van der Waals surface area contributed by atoms with Gasteiger partial charge in [0.05, 0.1) is 11.2 Å². The van der Waals surface area contributed by atoms with Crippen molar-refractivity contribution in [1.29, 1.82) is 0 Å². The van der Waals surface area contributed by atoms with E-state index in [0.717, 1.165) is 5.57 Å². The zero-order chi connectivity index (χ0) is 18.4. The van der Waals surface area contributed by atoms with Crippen molar-refractivity contribution in [3.05, 3.63) is 23.8 Å². The maximum atomic E-state index is 12.4. The highest BCUT2D eigenvalue weighted by Gasteiger charge is 2.49. The van der Waals surface area contributed by atoms with E-state index in [2.05, 4.69) is 6.58 Å². The van der Waals surface area contributed by atoms with Crippen LogP contribution in [0.3, 0.4) is 0 Å².